The summed E-state index contributed by atoms with van der Waals surface area (Å²) in [4.78, 5) is 21.5. The number of fused-ring (bicyclic) bond motifs is 3. The second-order valence-corrected chi connectivity index (χ2v) is 8.85. The molecule has 186 valence electrons. The van der Waals surface area contributed by atoms with Crippen molar-refractivity contribution >= 4 is 0 Å². The van der Waals surface area contributed by atoms with E-state index in [9.17, 15) is 4.79 Å². The number of ether oxygens (including phenoxy) is 4. The predicted molar refractivity (Wildman–Crippen MR) is 136 cm³/mol. The van der Waals surface area contributed by atoms with Crippen molar-refractivity contribution in [3.8, 4) is 22.9 Å². The molecule has 0 amide bonds. The van der Waals surface area contributed by atoms with Crippen molar-refractivity contribution in [1.82, 2.24) is 14.5 Å². The fourth-order valence-corrected chi connectivity index (χ4v) is 4.65. The summed E-state index contributed by atoms with van der Waals surface area (Å²) in [5.41, 5.74) is 4.35. The SMILES string of the molecule is O=c1nc(OC(C2=CC=CCC2)C2=COC=CO2)cc2n1CCc1cc(OCc3ccccn3)ccc1-2. The van der Waals surface area contributed by atoms with Gasteiger partial charge in [0.2, 0.25) is 5.88 Å². The quantitative estimate of drug-likeness (QED) is 0.464. The number of aromatic nitrogens is 3. The molecule has 0 saturated carbocycles. The van der Waals surface area contributed by atoms with E-state index in [1.807, 2.05) is 54.6 Å². The minimum Gasteiger partial charge on any atom is -0.487 e. The zero-order valence-corrected chi connectivity index (χ0v) is 20.1. The molecule has 1 unspecified atom stereocenters. The highest BCUT2D eigenvalue weighted by atomic mass is 16.6. The Morgan fingerprint density at radius 2 is 2.08 bits per heavy atom. The van der Waals surface area contributed by atoms with Crippen LogP contribution in [0.15, 0.2) is 102 Å². The second kappa shape index (κ2) is 10.2. The van der Waals surface area contributed by atoms with Gasteiger partial charge in [-0.25, -0.2) is 4.79 Å². The third kappa shape index (κ3) is 4.91. The van der Waals surface area contributed by atoms with Gasteiger partial charge < -0.3 is 18.9 Å². The average Bonchev–Trinajstić information content (AvgIpc) is 2.96. The van der Waals surface area contributed by atoms with Gasteiger partial charge in [0.25, 0.3) is 0 Å². The Morgan fingerprint density at radius 1 is 1.11 bits per heavy atom. The lowest BCUT2D eigenvalue weighted by atomic mass is 9.97. The van der Waals surface area contributed by atoms with Crippen LogP contribution >= 0.6 is 0 Å². The first kappa shape index (κ1) is 22.8. The Morgan fingerprint density at radius 3 is 2.89 bits per heavy atom. The molecule has 1 atom stereocenters. The molecule has 2 aromatic heterocycles. The molecule has 0 bridgehead atoms. The standard InChI is InChI=1S/C29H25N3O5/c33-29-31-27(37-28(20-6-2-1-3-7-20)26-19-34-14-15-35-26)17-25-24-10-9-23(16-21(24)11-13-32(25)29)36-18-22-8-4-5-12-30-22/h1-2,4-6,8-10,12,14-17,19,28H,3,7,11,13,18H2. The highest BCUT2D eigenvalue weighted by Gasteiger charge is 2.27. The number of hydrogen-bond donors (Lipinski definition) is 0. The van der Waals surface area contributed by atoms with E-state index in [1.54, 1.807) is 10.8 Å². The second-order valence-electron chi connectivity index (χ2n) is 8.85. The van der Waals surface area contributed by atoms with Crippen molar-refractivity contribution in [2.45, 2.75) is 38.5 Å². The van der Waals surface area contributed by atoms with Gasteiger partial charge in [0.05, 0.1) is 11.4 Å². The van der Waals surface area contributed by atoms with E-state index in [0.717, 1.165) is 46.7 Å². The number of aryl methyl sites for hydroxylation is 1. The van der Waals surface area contributed by atoms with E-state index >= 15 is 0 Å². The fraction of sp³-hybridized carbons (Fsp3) is 0.207. The molecule has 0 saturated heterocycles. The van der Waals surface area contributed by atoms with Gasteiger partial charge in [-0.3, -0.25) is 9.55 Å². The van der Waals surface area contributed by atoms with E-state index in [0.29, 0.717) is 25.3 Å². The third-order valence-electron chi connectivity index (χ3n) is 6.46. The Labute approximate surface area is 213 Å². The molecule has 8 heteroatoms. The molecule has 3 aliphatic rings. The van der Waals surface area contributed by atoms with Gasteiger partial charge in [-0.2, -0.15) is 4.98 Å². The average molecular weight is 496 g/mol. The van der Waals surface area contributed by atoms with E-state index in [4.69, 9.17) is 18.9 Å². The summed E-state index contributed by atoms with van der Waals surface area (Å²) in [5.74, 6) is 1.50. The van der Waals surface area contributed by atoms with Crippen LogP contribution in [0.2, 0.25) is 0 Å². The maximum Gasteiger partial charge on any atom is 0.351 e. The molecule has 2 aliphatic heterocycles. The summed E-state index contributed by atoms with van der Waals surface area (Å²) < 4.78 is 24.9. The molecular formula is C29H25N3O5. The molecule has 4 heterocycles. The zero-order chi connectivity index (χ0) is 25.0. The predicted octanol–water partition coefficient (Wildman–Crippen LogP) is 4.82. The third-order valence-corrected chi connectivity index (χ3v) is 6.46. The highest BCUT2D eigenvalue weighted by molar-refractivity contribution is 5.67. The van der Waals surface area contributed by atoms with E-state index in [-0.39, 0.29) is 11.6 Å². The minimum atomic E-state index is -0.560. The Bertz CT molecular complexity index is 1490. The van der Waals surface area contributed by atoms with Crippen LogP contribution in [0.3, 0.4) is 0 Å². The van der Waals surface area contributed by atoms with Crippen LogP contribution in [0.1, 0.15) is 24.1 Å². The summed E-state index contributed by atoms with van der Waals surface area (Å²) >= 11 is 0. The molecule has 0 N–H and O–H groups in total. The first-order valence-electron chi connectivity index (χ1n) is 12.2. The molecular weight excluding hydrogens is 470 g/mol. The smallest absolute Gasteiger partial charge is 0.351 e. The van der Waals surface area contributed by atoms with Crippen molar-refractivity contribution in [1.29, 1.82) is 0 Å². The van der Waals surface area contributed by atoms with Crippen molar-refractivity contribution in [3.63, 3.8) is 0 Å². The van der Waals surface area contributed by atoms with Crippen LogP contribution in [0, 0.1) is 0 Å². The van der Waals surface area contributed by atoms with Crippen LogP contribution < -0.4 is 15.2 Å². The van der Waals surface area contributed by atoms with Crippen LogP contribution in [-0.4, -0.2) is 20.6 Å². The fourth-order valence-electron chi connectivity index (χ4n) is 4.65. The van der Waals surface area contributed by atoms with Gasteiger partial charge >= 0.3 is 5.69 Å². The summed E-state index contributed by atoms with van der Waals surface area (Å²) in [5, 5.41) is 0. The van der Waals surface area contributed by atoms with E-state index in [2.05, 4.69) is 16.0 Å². The Balaban J connectivity index is 1.29. The largest absolute Gasteiger partial charge is 0.487 e. The normalized spacial score (nSPS) is 16.3. The summed E-state index contributed by atoms with van der Waals surface area (Å²) in [6.07, 6.45) is 14.1. The van der Waals surface area contributed by atoms with Gasteiger partial charge in [-0.05, 0) is 60.7 Å². The number of hydrogen-bond acceptors (Lipinski definition) is 7. The number of benzene rings is 1. The summed E-state index contributed by atoms with van der Waals surface area (Å²) in [6, 6.07) is 13.5. The lowest BCUT2D eigenvalue weighted by Gasteiger charge is -2.26. The van der Waals surface area contributed by atoms with Crippen molar-refractivity contribution in [3.05, 3.63) is 119 Å². The van der Waals surface area contributed by atoms with Crippen molar-refractivity contribution in [2.75, 3.05) is 0 Å². The van der Waals surface area contributed by atoms with Crippen LogP contribution in [0.25, 0.3) is 11.3 Å². The number of rotatable bonds is 7. The molecule has 0 radical (unpaired) electrons. The monoisotopic (exact) mass is 495 g/mol. The van der Waals surface area contributed by atoms with E-state index in [1.165, 1.54) is 18.8 Å². The number of pyridine rings is 1. The first-order valence-corrected chi connectivity index (χ1v) is 12.2. The summed E-state index contributed by atoms with van der Waals surface area (Å²) in [6.45, 7) is 0.922. The molecule has 6 rings (SSSR count). The Kier molecular flexibility index (Phi) is 6.29. The molecule has 37 heavy (non-hydrogen) atoms. The van der Waals surface area contributed by atoms with Gasteiger partial charge in [0.1, 0.15) is 31.1 Å². The molecule has 1 aliphatic carbocycles. The Hall–Kier alpha value is -4.59. The topological polar surface area (TPSA) is 84.7 Å². The molecule has 3 aromatic rings. The van der Waals surface area contributed by atoms with Crippen LogP contribution in [0.5, 0.6) is 11.6 Å². The maximum absolute atomic E-state index is 13.0. The first-order chi connectivity index (χ1) is 18.2. The van der Waals surface area contributed by atoms with Crippen LogP contribution in [-0.2, 0) is 29.0 Å². The lowest BCUT2D eigenvalue weighted by Crippen LogP contribution is -2.31. The summed E-state index contributed by atoms with van der Waals surface area (Å²) in [7, 11) is 0. The van der Waals surface area contributed by atoms with Crippen molar-refractivity contribution in [2.24, 2.45) is 0 Å². The molecule has 1 aromatic carbocycles. The van der Waals surface area contributed by atoms with Gasteiger partial charge in [0.15, 0.2) is 11.9 Å². The zero-order valence-electron chi connectivity index (χ0n) is 20.1. The number of allylic oxidation sites excluding steroid dienone is 3. The molecule has 0 spiro atoms. The van der Waals surface area contributed by atoms with E-state index < -0.39 is 6.10 Å². The molecule has 8 nitrogen and oxygen atoms in total. The molecule has 0 fully saturated rings. The van der Waals surface area contributed by atoms with Gasteiger partial charge in [-0.1, -0.05) is 24.3 Å². The van der Waals surface area contributed by atoms with Crippen LogP contribution in [0.4, 0.5) is 0 Å². The number of nitrogens with zero attached hydrogens (tertiary/aromatic N) is 3. The van der Waals surface area contributed by atoms with Crippen molar-refractivity contribution < 1.29 is 18.9 Å². The van der Waals surface area contributed by atoms with Gasteiger partial charge in [0, 0.05) is 24.4 Å². The lowest BCUT2D eigenvalue weighted by molar-refractivity contribution is 0.154. The maximum atomic E-state index is 13.0. The highest BCUT2D eigenvalue weighted by Crippen LogP contribution is 2.34. The van der Waals surface area contributed by atoms with Gasteiger partial charge in [-0.15, -0.1) is 0 Å². The minimum absolute atomic E-state index is 0.235.